The van der Waals surface area contributed by atoms with E-state index in [1.165, 1.54) is 0 Å². The second kappa shape index (κ2) is 4.94. The van der Waals surface area contributed by atoms with Crippen LogP contribution in [0.5, 0.6) is 0 Å². The Morgan fingerprint density at radius 2 is 2.26 bits per heavy atom. The first kappa shape index (κ1) is 13.4. The number of nitrogens with zero attached hydrogens (tertiary/aromatic N) is 2. The fraction of sp³-hybridized carbons (Fsp3) is 0.455. The Balaban J connectivity index is 2.09. The summed E-state index contributed by atoms with van der Waals surface area (Å²) in [5.41, 5.74) is -0.757. The van der Waals surface area contributed by atoms with Crippen molar-refractivity contribution in [2.45, 2.75) is 18.6 Å². The van der Waals surface area contributed by atoms with E-state index in [0.717, 1.165) is 18.3 Å². The molecule has 1 saturated heterocycles. The summed E-state index contributed by atoms with van der Waals surface area (Å²) in [6, 6.07) is 1.60. The largest absolute Gasteiger partial charge is 0.465 e. The van der Waals surface area contributed by atoms with Crippen molar-refractivity contribution in [2.75, 3.05) is 18.0 Å². The second-order valence-corrected chi connectivity index (χ2v) is 4.28. The molecule has 0 radical (unpaired) electrons. The Hall–Kier alpha value is -1.99. The monoisotopic (exact) mass is 275 g/mol. The minimum Gasteiger partial charge on any atom is -0.465 e. The van der Waals surface area contributed by atoms with Crippen LogP contribution >= 0.6 is 0 Å². The first-order valence-corrected chi connectivity index (χ1v) is 5.64. The zero-order chi connectivity index (χ0) is 14.0. The standard InChI is InChI=1S/C11H12F3N3O2/c12-11(13,14)7-1-3-15-9(5-7)17-4-2-8(6-17)16-10(18)19/h1,3,5,8,16H,2,4,6H2,(H,18,19)/t8-/m1/s1. The van der Waals surface area contributed by atoms with E-state index in [0.29, 0.717) is 19.5 Å². The Morgan fingerprint density at radius 3 is 2.89 bits per heavy atom. The van der Waals surface area contributed by atoms with Gasteiger partial charge in [0.15, 0.2) is 0 Å². The van der Waals surface area contributed by atoms with Crippen LogP contribution in [0.15, 0.2) is 18.3 Å². The third-order valence-electron chi connectivity index (χ3n) is 2.91. The molecule has 1 fully saturated rings. The van der Waals surface area contributed by atoms with Crippen LogP contribution in [0.25, 0.3) is 0 Å². The van der Waals surface area contributed by atoms with Crippen LogP contribution in [0, 0.1) is 0 Å². The molecular formula is C11H12F3N3O2. The van der Waals surface area contributed by atoms with Crippen molar-refractivity contribution < 1.29 is 23.1 Å². The molecule has 5 nitrogen and oxygen atoms in total. The lowest BCUT2D eigenvalue weighted by molar-refractivity contribution is -0.137. The predicted molar refractivity (Wildman–Crippen MR) is 61.0 cm³/mol. The maximum atomic E-state index is 12.6. The quantitative estimate of drug-likeness (QED) is 0.865. The molecule has 2 heterocycles. The number of carbonyl (C=O) groups is 1. The number of pyridine rings is 1. The highest BCUT2D eigenvalue weighted by molar-refractivity contribution is 5.65. The van der Waals surface area contributed by atoms with E-state index in [4.69, 9.17) is 5.11 Å². The lowest BCUT2D eigenvalue weighted by Gasteiger charge is -2.18. The highest BCUT2D eigenvalue weighted by Gasteiger charge is 2.32. The average molecular weight is 275 g/mol. The van der Waals surface area contributed by atoms with Gasteiger partial charge in [-0.15, -0.1) is 0 Å². The number of hydrogen-bond acceptors (Lipinski definition) is 3. The lowest BCUT2D eigenvalue weighted by atomic mass is 10.2. The number of rotatable bonds is 2. The summed E-state index contributed by atoms with van der Waals surface area (Å²) < 4.78 is 37.7. The Bertz CT molecular complexity index is 478. The van der Waals surface area contributed by atoms with Crippen LogP contribution in [-0.4, -0.2) is 35.3 Å². The van der Waals surface area contributed by atoms with Crippen molar-refractivity contribution in [2.24, 2.45) is 0 Å². The van der Waals surface area contributed by atoms with Crippen LogP contribution in [0.2, 0.25) is 0 Å². The van der Waals surface area contributed by atoms with Gasteiger partial charge in [0.25, 0.3) is 0 Å². The molecule has 2 N–H and O–H groups in total. The molecule has 0 aromatic carbocycles. The summed E-state index contributed by atoms with van der Waals surface area (Å²) in [6.45, 7) is 0.792. The maximum absolute atomic E-state index is 12.6. The molecule has 0 saturated carbocycles. The van der Waals surface area contributed by atoms with E-state index in [9.17, 15) is 18.0 Å². The molecule has 19 heavy (non-hydrogen) atoms. The topological polar surface area (TPSA) is 65.5 Å². The molecule has 2 rings (SSSR count). The molecule has 0 bridgehead atoms. The van der Waals surface area contributed by atoms with Crippen molar-refractivity contribution in [1.29, 1.82) is 0 Å². The van der Waals surface area contributed by atoms with Gasteiger partial charge in [-0.05, 0) is 18.6 Å². The second-order valence-electron chi connectivity index (χ2n) is 4.28. The number of carboxylic acid groups (broad SMARTS) is 1. The number of alkyl halides is 3. The summed E-state index contributed by atoms with van der Waals surface area (Å²) in [5.74, 6) is 0.213. The normalized spacial score (nSPS) is 19.5. The number of nitrogens with one attached hydrogen (secondary N) is 1. The van der Waals surface area contributed by atoms with E-state index in [-0.39, 0.29) is 11.9 Å². The minimum absolute atomic E-state index is 0.213. The molecule has 0 spiro atoms. The highest BCUT2D eigenvalue weighted by Crippen LogP contribution is 2.31. The van der Waals surface area contributed by atoms with Gasteiger partial charge in [0.1, 0.15) is 5.82 Å². The number of halogens is 3. The van der Waals surface area contributed by atoms with Crippen LogP contribution in [0.3, 0.4) is 0 Å². The Labute approximate surface area is 107 Å². The van der Waals surface area contributed by atoms with Gasteiger partial charge in [-0.2, -0.15) is 13.2 Å². The molecule has 8 heteroatoms. The molecular weight excluding hydrogens is 263 g/mol. The fourth-order valence-electron chi connectivity index (χ4n) is 2.03. The molecule has 1 aromatic rings. The van der Waals surface area contributed by atoms with Crippen molar-refractivity contribution >= 4 is 11.9 Å². The summed E-state index contributed by atoms with van der Waals surface area (Å²) in [5, 5.41) is 10.9. The molecule has 0 unspecified atom stereocenters. The van der Waals surface area contributed by atoms with Gasteiger partial charge in [-0.25, -0.2) is 9.78 Å². The van der Waals surface area contributed by atoms with Crippen molar-refractivity contribution in [3.8, 4) is 0 Å². The smallest absolute Gasteiger partial charge is 0.416 e. The minimum atomic E-state index is -4.41. The van der Waals surface area contributed by atoms with E-state index >= 15 is 0 Å². The summed E-state index contributed by atoms with van der Waals surface area (Å²) in [4.78, 5) is 16.0. The van der Waals surface area contributed by atoms with Crippen LogP contribution in [0.1, 0.15) is 12.0 Å². The van der Waals surface area contributed by atoms with Crippen molar-refractivity contribution in [3.63, 3.8) is 0 Å². The summed E-state index contributed by atoms with van der Waals surface area (Å²) in [6.07, 6.45) is -3.89. The van der Waals surface area contributed by atoms with E-state index in [2.05, 4.69) is 10.3 Å². The van der Waals surface area contributed by atoms with E-state index < -0.39 is 17.8 Å². The Kier molecular flexibility index (Phi) is 3.50. The maximum Gasteiger partial charge on any atom is 0.416 e. The fourth-order valence-corrected chi connectivity index (χ4v) is 2.03. The van der Waals surface area contributed by atoms with Gasteiger partial charge in [-0.3, -0.25) is 0 Å². The van der Waals surface area contributed by atoms with Crippen LogP contribution in [-0.2, 0) is 6.18 Å². The van der Waals surface area contributed by atoms with Crippen LogP contribution < -0.4 is 10.2 Å². The zero-order valence-corrected chi connectivity index (χ0v) is 9.81. The lowest BCUT2D eigenvalue weighted by Crippen LogP contribution is -2.36. The average Bonchev–Trinajstić information content (AvgIpc) is 2.76. The number of hydrogen-bond donors (Lipinski definition) is 2. The predicted octanol–water partition coefficient (Wildman–Crippen LogP) is 1.95. The third-order valence-corrected chi connectivity index (χ3v) is 2.91. The molecule has 1 atom stereocenters. The number of aromatic nitrogens is 1. The number of anilines is 1. The molecule has 0 aliphatic carbocycles. The van der Waals surface area contributed by atoms with Gasteiger partial charge >= 0.3 is 12.3 Å². The number of amides is 1. The van der Waals surface area contributed by atoms with Crippen molar-refractivity contribution in [1.82, 2.24) is 10.3 Å². The molecule has 1 aliphatic rings. The van der Waals surface area contributed by atoms with Crippen LogP contribution in [0.4, 0.5) is 23.8 Å². The van der Waals surface area contributed by atoms with Gasteiger partial charge in [-0.1, -0.05) is 0 Å². The van der Waals surface area contributed by atoms with E-state index in [1.807, 2.05) is 0 Å². The first-order chi connectivity index (χ1) is 8.86. The first-order valence-electron chi connectivity index (χ1n) is 5.64. The SMILES string of the molecule is O=C(O)N[C@@H]1CCN(c2cc(C(F)(F)F)ccn2)C1. The van der Waals surface area contributed by atoms with Gasteiger partial charge in [0.05, 0.1) is 11.6 Å². The Morgan fingerprint density at radius 1 is 1.53 bits per heavy atom. The van der Waals surface area contributed by atoms with Gasteiger partial charge in [0.2, 0.25) is 0 Å². The molecule has 1 amide bonds. The van der Waals surface area contributed by atoms with Gasteiger partial charge < -0.3 is 15.3 Å². The van der Waals surface area contributed by atoms with E-state index in [1.54, 1.807) is 4.90 Å². The van der Waals surface area contributed by atoms with Gasteiger partial charge in [0, 0.05) is 19.3 Å². The molecule has 104 valence electrons. The zero-order valence-electron chi connectivity index (χ0n) is 9.81. The molecule has 1 aromatic heterocycles. The van der Waals surface area contributed by atoms with Crippen molar-refractivity contribution in [3.05, 3.63) is 23.9 Å². The summed E-state index contributed by atoms with van der Waals surface area (Å²) in [7, 11) is 0. The molecule has 1 aliphatic heterocycles. The third kappa shape index (κ3) is 3.27. The summed E-state index contributed by atoms with van der Waals surface area (Å²) >= 11 is 0. The highest BCUT2D eigenvalue weighted by atomic mass is 19.4.